The minimum Gasteiger partial charge on any atom is -0.497 e. The molecule has 0 aliphatic carbocycles. The van der Waals surface area contributed by atoms with E-state index in [2.05, 4.69) is 20.8 Å². The van der Waals surface area contributed by atoms with Gasteiger partial charge >= 0.3 is 0 Å². The summed E-state index contributed by atoms with van der Waals surface area (Å²) in [6.07, 6.45) is 0. The normalized spacial score (nSPS) is 12.0. The number of nitrogens with one attached hydrogen (secondary N) is 1. The molecule has 0 saturated heterocycles. The molecule has 0 fully saturated rings. The highest BCUT2D eigenvalue weighted by atomic mass is 32.2. The maximum Gasteiger partial charge on any atom is 0.238 e. The Morgan fingerprint density at radius 3 is 2.50 bits per heavy atom. The van der Waals surface area contributed by atoms with Crippen molar-refractivity contribution in [3.8, 4) is 5.75 Å². The quantitative estimate of drug-likeness (QED) is 0.586. The molecular weight excluding hydrogens is 374 g/mol. The van der Waals surface area contributed by atoms with Crippen molar-refractivity contribution in [2.24, 2.45) is 5.92 Å². The van der Waals surface area contributed by atoms with E-state index in [1.165, 1.54) is 11.8 Å². The fourth-order valence-electron chi connectivity index (χ4n) is 2.63. The lowest BCUT2D eigenvalue weighted by molar-refractivity contribution is -0.116. The molecule has 0 aliphatic heterocycles. The van der Waals surface area contributed by atoms with Crippen molar-refractivity contribution < 1.29 is 9.53 Å². The maximum atomic E-state index is 12.9. The first-order valence-corrected chi connectivity index (χ1v) is 9.86. The van der Waals surface area contributed by atoms with Crippen LogP contribution < -0.4 is 10.1 Å². The van der Waals surface area contributed by atoms with Crippen LogP contribution in [0.25, 0.3) is 0 Å². The molecule has 146 valence electrons. The number of hydrogen-bond donors (Lipinski definition) is 1. The third kappa shape index (κ3) is 5.10. The predicted octanol–water partition coefficient (Wildman–Crippen LogP) is 3.49. The summed E-state index contributed by atoms with van der Waals surface area (Å²) in [6.45, 7) is 4.58. The van der Waals surface area contributed by atoms with Crippen LogP contribution in [-0.4, -0.2) is 38.5 Å². The number of carbonyl (C=O) groups is 1. The van der Waals surface area contributed by atoms with Crippen molar-refractivity contribution in [1.29, 1.82) is 0 Å². The fourth-order valence-corrected chi connectivity index (χ4v) is 3.60. The summed E-state index contributed by atoms with van der Waals surface area (Å²) in [5.41, 5.74) is 1.82. The van der Waals surface area contributed by atoms with Gasteiger partial charge in [0.25, 0.3) is 0 Å². The number of hydrogen-bond acceptors (Lipinski definition) is 6. The van der Waals surface area contributed by atoms with Gasteiger partial charge in [-0.05, 0) is 46.2 Å². The first-order chi connectivity index (χ1) is 13.6. The van der Waals surface area contributed by atoms with E-state index in [0.29, 0.717) is 11.7 Å². The molecule has 0 bridgehead atoms. The highest BCUT2D eigenvalue weighted by molar-refractivity contribution is 8.00. The second kappa shape index (κ2) is 9.36. The van der Waals surface area contributed by atoms with Crippen LogP contribution in [0.15, 0.2) is 59.8 Å². The van der Waals surface area contributed by atoms with Crippen LogP contribution in [0.5, 0.6) is 5.75 Å². The number of methoxy groups -OCH3 is 1. The van der Waals surface area contributed by atoms with Crippen LogP contribution in [-0.2, 0) is 11.3 Å². The van der Waals surface area contributed by atoms with Crippen LogP contribution in [0.3, 0.4) is 0 Å². The molecule has 28 heavy (non-hydrogen) atoms. The van der Waals surface area contributed by atoms with Gasteiger partial charge in [-0.25, -0.2) is 4.68 Å². The molecule has 0 aliphatic rings. The average molecular weight is 398 g/mol. The Hall–Kier alpha value is -2.87. The van der Waals surface area contributed by atoms with Crippen molar-refractivity contribution >= 4 is 23.4 Å². The second-order valence-corrected chi connectivity index (χ2v) is 7.71. The van der Waals surface area contributed by atoms with Gasteiger partial charge < -0.3 is 10.1 Å². The number of aromatic nitrogens is 4. The van der Waals surface area contributed by atoms with Gasteiger partial charge in [0.15, 0.2) is 0 Å². The fraction of sp³-hybridized carbons (Fsp3) is 0.300. The Labute approximate surface area is 168 Å². The van der Waals surface area contributed by atoms with Crippen LogP contribution >= 0.6 is 11.8 Å². The largest absolute Gasteiger partial charge is 0.497 e. The molecular formula is C20H23N5O2S. The van der Waals surface area contributed by atoms with Gasteiger partial charge in [-0.1, -0.05) is 55.9 Å². The summed E-state index contributed by atoms with van der Waals surface area (Å²) in [4.78, 5) is 12.9. The number of nitrogens with zero attached hydrogens (tertiary/aromatic N) is 4. The molecule has 0 saturated carbocycles. The third-order valence-corrected chi connectivity index (χ3v) is 5.64. The summed E-state index contributed by atoms with van der Waals surface area (Å²) >= 11 is 1.37. The molecule has 1 atom stereocenters. The van der Waals surface area contributed by atoms with Gasteiger partial charge in [0.1, 0.15) is 5.75 Å². The summed E-state index contributed by atoms with van der Waals surface area (Å²) in [7, 11) is 1.61. The molecule has 7 nitrogen and oxygen atoms in total. The van der Waals surface area contributed by atoms with Gasteiger partial charge in [0, 0.05) is 5.69 Å². The monoisotopic (exact) mass is 397 g/mol. The van der Waals surface area contributed by atoms with Gasteiger partial charge in [0.05, 0.1) is 18.9 Å². The topological polar surface area (TPSA) is 81.9 Å². The predicted molar refractivity (Wildman–Crippen MR) is 109 cm³/mol. The van der Waals surface area contributed by atoms with Crippen molar-refractivity contribution in [3.63, 3.8) is 0 Å². The minimum atomic E-state index is -0.331. The Bertz CT molecular complexity index is 896. The molecule has 3 aromatic rings. The number of tetrazole rings is 1. The zero-order chi connectivity index (χ0) is 19.9. The standard InChI is InChI=1S/C20H23N5O2S/c1-14(2)18(19(26)21-16-9-11-17(27-3)12-10-16)28-20-22-23-24-25(20)13-15-7-5-4-6-8-15/h4-12,14,18H,13H2,1-3H3,(H,21,26). The third-order valence-electron chi connectivity index (χ3n) is 4.13. The summed E-state index contributed by atoms with van der Waals surface area (Å²) < 4.78 is 6.87. The average Bonchev–Trinajstić information content (AvgIpc) is 3.14. The molecule has 1 amide bonds. The van der Waals surface area contributed by atoms with E-state index in [4.69, 9.17) is 4.74 Å². The van der Waals surface area contributed by atoms with Gasteiger partial charge in [-0.3, -0.25) is 4.79 Å². The summed E-state index contributed by atoms with van der Waals surface area (Å²) in [5.74, 6) is 0.762. The van der Waals surface area contributed by atoms with Gasteiger partial charge in [0.2, 0.25) is 11.1 Å². The summed E-state index contributed by atoms with van der Waals surface area (Å²) in [5, 5.41) is 15.2. The van der Waals surface area contributed by atoms with Crippen molar-refractivity contribution in [2.75, 3.05) is 12.4 Å². The van der Waals surface area contributed by atoms with E-state index >= 15 is 0 Å². The molecule has 2 aromatic carbocycles. The molecule has 1 heterocycles. The molecule has 1 aromatic heterocycles. The highest BCUT2D eigenvalue weighted by Gasteiger charge is 2.26. The van der Waals surface area contributed by atoms with E-state index in [0.717, 1.165) is 17.0 Å². The van der Waals surface area contributed by atoms with Crippen molar-refractivity contribution in [3.05, 3.63) is 60.2 Å². The SMILES string of the molecule is COc1ccc(NC(=O)C(Sc2nnnn2Cc2ccccc2)C(C)C)cc1. The lowest BCUT2D eigenvalue weighted by Gasteiger charge is -2.19. The minimum absolute atomic E-state index is 0.0839. The number of thioether (sulfide) groups is 1. The van der Waals surface area contributed by atoms with Gasteiger partial charge in [-0.2, -0.15) is 0 Å². The molecule has 0 spiro atoms. The Morgan fingerprint density at radius 1 is 1.14 bits per heavy atom. The van der Waals surface area contributed by atoms with Crippen LogP contribution in [0.4, 0.5) is 5.69 Å². The number of rotatable bonds is 8. The zero-order valence-corrected chi connectivity index (χ0v) is 16.9. The van der Waals surface area contributed by atoms with E-state index in [1.807, 2.05) is 68.4 Å². The van der Waals surface area contributed by atoms with E-state index < -0.39 is 0 Å². The number of carbonyl (C=O) groups excluding carboxylic acids is 1. The Balaban J connectivity index is 1.71. The number of amides is 1. The first-order valence-electron chi connectivity index (χ1n) is 8.98. The van der Waals surface area contributed by atoms with Gasteiger partial charge in [-0.15, -0.1) is 5.10 Å². The molecule has 8 heteroatoms. The zero-order valence-electron chi connectivity index (χ0n) is 16.1. The highest BCUT2D eigenvalue weighted by Crippen LogP contribution is 2.28. The molecule has 1 N–H and O–H groups in total. The maximum absolute atomic E-state index is 12.9. The smallest absolute Gasteiger partial charge is 0.238 e. The Morgan fingerprint density at radius 2 is 1.86 bits per heavy atom. The van der Waals surface area contributed by atoms with E-state index in [9.17, 15) is 4.79 Å². The van der Waals surface area contributed by atoms with Crippen molar-refractivity contribution in [1.82, 2.24) is 20.2 Å². The molecule has 0 radical (unpaired) electrons. The first kappa shape index (κ1) is 19.9. The number of ether oxygens (including phenoxy) is 1. The van der Waals surface area contributed by atoms with Crippen LogP contribution in [0.1, 0.15) is 19.4 Å². The number of anilines is 1. The van der Waals surface area contributed by atoms with E-state index in [1.54, 1.807) is 11.8 Å². The molecule has 1 unspecified atom stereocenters. The number of benzene rings is 2. The second-order valence-electron chi connectivity index (χ2n) is 6.60. The van der Waals surface area contributed by atoms with Crippen LogP contribution in [0.2, 0.25) is 0 Å². The van der Waals surface area contributed by atoms with Crippen molar-refractivity contribution in [2.45, 2.75) is 30.8 Å². The van der Waals surface area contributed by atoms with Crippen LogP contribution in [0, 0.1) is 5.92 Å². The Kier molecular flexibility index (Phi) is 6.65. The molecule has 3 rings (SSSR count). The van der Waals surface area contributed by atoms with E-state index in [-0.39, 0.29) is 17.1 Å². The lowest BCUT2D eigenvalue weighted by Crippen LogP contribution is -2.30. The lowest BCUT2D eigenvalue weighted by atomic mass is 10.1. The summed E-state index contributed by atoms with van der Waals surface area (Å²) in [6, 6.07) is 17.2.